The van der Waals surface area contributed by atoms with E-state index in [4.69, 9.17) is 4.74 Å². The van der Waals surface area contributed by atoms with Crippen molar-refractivity contribution in [2.75, 3.05) is 5.75 Å². The highest BCUT2D eigenvalue weighted by Crippen LogP contribution is 2.16. The largest absolute Gasteiger partial charge is 0.481 e. The van der Waals surface area contributed by atoms with Crippen molar-refractivity contribution in [1.29, 1.82) is 0 Å². The standard InChI is InChI=1S/C26H27NO6S/c28-25(29)24(19-34(31,32)18-21-10-5-2-6-11-21)15-22-12-7-13-23(14-22)16-27-26(30)33-17-20-8-3-1-4-9-20/h1-14,24H,15-19H2,(H,27,30)(H,28,29)/t24-/m0/s1. The summed E-state index contributed by atoms with van der Waals surface area (Å²) in [5.41, 5.74) is 2.94. The number of hydrogen-bond donors (Lipinski definition) is 2. The molecule has 0 aliphatic rings. The molecule has 0 fully saturated rings. The molecule has 1 amide bonds. The molecule has 0 saturated heterocycles. The topological polar surface area (TPSA) is 110 Å². The molecule has 0 saturated carbocycles. The number of amides is 1. The van der Waals surface area contributed by atoms with E-state index in [2.05, 4.69) is 5.32 Å². The van der Waals surface area contributed by atoms with Crippen molar-refractivity contribution in [3.05, 3.63) is 107 Å². The van der Waals surface area contributed by atoms with E-state index in [1.54, 1.807) is 54.6 Å². The lowest BCUT2D eigenvalue weighted by Crippen LogP contribution is -2.27. The maximum Gasteiger partial charge on any atom is 0.407 e. The molecular weight excluding hydrogens is 454 g/mol. The summed E-state index contributed by atoms with van der Waals surface area (Å²) in [6.45, 7) is 0.357. The molecule has 3 rings (SSSR count). The smallest absolute Gasteiger partial charge is 0.407 e. The third-order valence-electron chi connectivity index (χ3n) is 5.16. The Morgan fingerprint density at radius 2 is 1.41 bits per heavy atom. The van der Waals surface area contributed by atoms with Crippen LogP contribution < -0.4 is 5.32 Å². The number of carboxylic acid groups (broad SMARTS) is 1. The Kier molecular flexibility index (Phi) is 8.81. The Bertz CT molecular complexity index is 1200. The van der Waals surface area contributed by atoms with Crippen LogP contribution in [0.5, 0.6) is 0 Å². The Morgan fingerprint density at radius 1 is 0.824 bits per heavy atom. The van der Waals surface area contributed by atoms with Crippen molar-refractivity contribution < 1.29 is 27.9 Å². The quantitative estimate of drug-likeness (QED) is 0.429. The molecule has 0 unspecified atom stereocenters. The fourth-order valence-electron chi connectivity index (χ4n) is 3.51. The van der Waals surface area contributed by atoms with Gasteiger partial charge in [0.2, 0.25) is 0 Å². The van der Waals surface area contributed by atoms with Gasteiger partial charge in [-0.1, -0.05) is 84.9 Å². The molecule has 1 atom stereocenters. The summed E-state index contributed by atoms with van der Waals surface area (Å²) in [5.74, 6) is -2.89. The Labute approximate surface area is 199 Å². The first-order chi connectivity index (χ1) is 16.3. The first-order valence-corrected chi connectivity index (χ1v) is 12.6. The molecule has 0 radical (unpaired) electrons. The molecule has 8 heteroatoms. The fourth-order valence-corrected chi connectivity index (χ4v) is 5.20. The van der Waals surface area contributed by atoms with Crippen LogP contribution >= 0.6 is 0 Å². The number of carbonyl (C=O) groups is 2. The van der Waals surface area contributed by atoms with E-state index in [0.29, 0.717) is 11.1 Å². The van der Waals surface area contributed by atoms with Gasteiger partial charge in [-0.15, -0.1) is 0 Å². The number of carbonyl (C=O) groups excluding carboxylic acids is 1. The van der Waals surface area contributed by atoms with Gasteiger partial charge < -0.3 is 15.2 Å². The summed E-state index contributed by atoms with van der Waals surface area (Å²) in [4.78, 5) is 23.8. The molecule has 0 aromatic heterocycles. The number of sulfone groups is 1. The zero-order valence-electron chi connectivity index (χ0n) is 18.6. The predicted octanol–water partition coefficient (Wildman–Crippen LogP) is 3.97. The zero-order valence-corrected chi connectivity index (χ0v) is 19.4. The number of benzene rings is 3. The second-order valence-electron chi connectivity index (χ2n) is 8.01. The highest BCUT2D eigenvalue weighted by molar-refractivity contribution is 7.90. The van der Waals surface area contributed by atoms with Crippen molar-refractivity contribution in [2.24, 2.45) is 5.92 Å². The maximum atomic E-state index is 12.6. The van der Waals surface area contributed by atoms with Crippen molar-refractivity contribution in [1.82, 2.24) is 5.32 Å². The molecule has 0 aliphatic heterocycles. The lowest BCUT2D eigenvalue weighted by Gasteiger charge is -2.14. The highest BCUT2D eigenvalue weighted by atomic mass is 32.2. The van der Waals surface area contributed by atoms with E-state index >= 15 is 0 Å². The molecule has 0 bridgehead atoms. The molecule has 7 nitrogen and oxygen atoms in total. The van der Waals surface area contributed by atoms with Crippen LogP contribution in [0, 0.1) is 5.92 Å². The van der Waals surface area contributed by atoms with Gasteiger partial charge in [-0.2, -0.15) is 0 Å². The normalized spacial score (nSPS) is 12.0. The molecular formula is C26H27NO6S. The predicted molar refractivity (Wildman–Crippen MR) is 129 cm³/mol. The molecule has 0 heterocycles. The Balaban J connectivity index is 1.55. The number of carboxylic acids is 1. The van der Waals surface area contributed by atoms with Crippen LogP contribution in [0.25, 0.3) is 0 Å². The minimum atomic E-state index is -3.61. The Hall–Kier alpha value is -3.65. The van der Waals surface area contributed by atoms with Crippen LogP contribution in [0.1, 0.15) is 22.3 Å². The number of ether oxygens (including phenoxy) is 1. The number of rotatable bonds is 11. The van der Waals surface area contributed by atoms with Crippen molar-refractivity contribution >= 4 is 21.9 Å². The first kappa shape index (κ1) is 25.0. The number of hydrogen-bond acceptors (Lipinski definition) is 5. The van der Waals surface area contributed by atoms with E-state index in [9.17, 15) is 23.1 Å². The minimum Gasteiger partial charge on any atom is -0.481 e. The lowest BCUT2D eigenvalue weighted by molar-refractivity contribution is -0.140. The number of aliphatic carboxylic acids is 1. The van der Waals surface area contributed by atoms with Gasteiger partial charge >= 0.3 is 12.1 Å². The molecule has 0 spiro atoms. The average molecular weight is 482 g/mol. The van der Waals surface area contributed by atoms with Gasteiger partial charge in [0.05, 0.1) is 17.4 Å². The van der Waals surface area contributed by atoms with Crippen LogP contribution in [-0.4, -0.2) is 31.3 Å². The van der Waals surface area contributed by atoms with E-state index in [1.807, 2.05) is 30.3 Å². The summed E-state index contributed by atoms with van der Waals surface area (Å²) < 4.78 is 30.4. The number of alkyl carbamates (subject to hydrolysis) is 1. The van der Waals surface area contributed by atoms with E-state index in [1.165, 1.54) is 0 Å². The number of nitrogens with one attached hydrogen (secondary N) is 1. The summed E-state index contributed by atoms with van der Waals surface area (Å²) in [6, 6.07) is 25.1. The maximum absolute atomic E-state index is 12.6. The van der Waals surface area contributed by atoms with Gasteiger partial charge in [0, 0.05) is 6.54 Å². The third-order valence-corrected chi connectivity index (χ3v) is 6.84. The molecule has 0 aliphatic carbocycles. The minimum absolute atomic E-state index is 0.0651. The second-order valence-corrected chi connectivity index (χ2v) is 10.1. The van der Waals surface area contributed by atoms with E-state index < -0.39 is 33.6 Å². The SMILES string of the molecule is O=C(NCc1cccc(C[C@@H](CS(=O)(=O)Cc2ccccc2)C(=O)O)c1)OCc1ccccc1. The Morgan fingerprint density at radius 3 is 2.06 bits per heavy atom. The van der Waals surface area contributed by atoms with E-state index in [-0.39, 0.29) is 25.3 Å². The van der Waals surface area contributed by atoms with Crippen LogP contribution in [0.4, 0.5) is 4.79 Å². The zero-order chi connectivity index (χ0) is 24.4. The summed E-state index contributed by atoms with van der Waals surface area (Å²) in [7, 11) is -3.61. The molecule has 178 valence electrons. The molecule has 2 N–H and O–H groups in total. The van der Waals surface area contributed by atoms with Gasteiger partial charge in [-0.25, -0.2) is 13.2 Å². The van der Waals surface area contributed by atoms with Gasteiger partial charge in [0.25, 0.3) is 0 Å². The van der Waals surface area contributed by atoms with Crippen molar-refractivity contribution in [2.45, 2.75) is 25.3 Å². The van der Waals surface area contributed by atoms with Crippen LogP contribution in [-0.2, 0) is 44.7 Å². The monoisotopic (exact) mass is 481 g/mol. The molecule has 3 aromatic carbocycles. The lowest BCUT2D eigenvalue weighted by atomic mass is 9.99. The summed E-state index contributed by atoms with van der Waals surface area (Å²) >= 11 is 0. The van der Waals surface area contributed by atoms with Gasteiger partial charge in [0.15, 0.2) is 9.84 Å². The van der Waals surface area contributed by atoms with Crippen LogP contribution in [0.2, 0.25) is 0 Å². The fraction of sp³-hybridized carbons (Fsp3) is 0.231. The second kappa shape index (κ2) is 12.0. The van der Waals surface area contributed by atoms with Gasteiger partial charge in [-0.3, -0.25) is 4.79 Å². The van der Waals surface area contributed by atoms with Crippen molar-refractivity contribution in [3.8, 4) is 0 Å². The molecule has 34 heavy (non-hydrogen) atoms. The summed E-state index contributed by atoms with van der Waals surface area (Å²) in [6.07, 6.45) is -0.500. The third kappa shape index (κ3) is 8.37. The van der Waals surface area contributed by atoms with Crippen molar-refractivity contribution in [3.63, 3.8) is 0 Å². The van der Waals surface area contributed by atoms with Gasteiger partial charge in [0.1, 0.15) is 6.61 Å². The van der Waals surface area contributed by atoms with Crippen LogP contribution in [0.15, 0.2) is 84.9 Å². The molecule has 3 aromatic rings. The van der Waals surface area contributed by atoms with E-state index in [0.717, 1.165) is 11.1 Å². The summed E-state index contributed by atoms with van der Waals surface area (Å²) in [5, 5.41) is 12.3. The van der Waals surface area contributed by atoms with Gasteiger partial charge in [-0.05, 0) is 28.7 Å². The van der Waals surface area contributed by atoms with Crippen LogP contribution in [0.3, 0.4) is 0 Å². The average Bonchev–Trinajstić information content (AvgIpc) is 2.82. The highest BCUT2D eigenvalue weighted by Gasteiger charge is 2.26. The first-order valence-electron chi connectivity index (χ1n) is 10.8.